The first-order valence-corrected chi connectivity index (χ1v) is 9.69. The third kappa shape index (κ3) is 3.98. The molecule has 7 heteroatoms. The monoisotopic (exact) mass is 402 g/mol. The third-order valence-corrected chi connectivity index (χ3v) is 5.30. The van der Waals surface area contributed by atoms with Crippen molar-refractivity contribution >= 4 is 22.3 Å². The fourth-order valence-corrected chi connectivity index (χ4v) is 3.67. The maximum absolute atomic E-state index is 13.8. The Labute approximate surface area is 172 Å². The number of nitrogens with one attached hydrogen (secondary N) is 1. The van der Waals surface area contributed by atoms with Crippen LogP contribution in [0.1, 0.15) is 29.8 Å². The van der Waals surface area contributed by atoms with Gasteiger partial charge in [0.1, 0.15) is 17.6 Å². The number of aryl methyl sites for hydroxylation is 1. The molecule has 0 unspecified atom stereocenters. The van der Waals surface area contributed by atoms with Gasteiger partial charge in [-0.3, -0.25) is 9.59 Å². The average Bonchev–Trinajstić information content (AvgIpc) is 2.77. The van der Waals surface area contributed by atoms with Crippen LogP contribution in [0.25, 0.3) is 16.3 Å². The molecule has 1 N–H and O–H groups in total. The molecule has 1 aliphatic heterocycles. The predicted octanol–water partition coefficient (Wildman–Crippen LogP) is 3.18. The van der Waals surface area contributed by atoms with Gasteiger partial charge in [-0.05, 0) is 47.6 Å². The molecule has 0 aliphatic carbocycles. The minimum absolute atomic E-state index is 0.00319. The highest BCUT2D eigenvalue weighted by Crippen LogP contribution is 2.22. The first kappa shape index (κ1) is 19.5. The number of carbonyl (C=O) groups is 1. The van der Waals surface area contributed by atoms with Crippen LogP contribution in [0, 0.1) is 17.1 Å². The normalized spacial score (nSPS) is 13.7. The van der Waals surface area contributed by atoms with E-state index < -0.39 is 11.4 Å². The number of pyridine rings is 2. The summed E-state index contributed by atoms with van der Waals surface area (Å²) in [5.41, 5.74) is 2.58. The molecule has 0 saturated carbocycles. The minimum Gasteiger partial charge on any atom is -0.339 e. The number of carbonyl (C=O) groups excluding carboxylic acids is 1. The summed E-state index contributed by atoms with van der Waals surface area (Å²) < 4.78 is 13.8. The molecule has 0 atom stereocenters. The van der Waals surface area contributed by atoms with Crippen molar-refractivity contribution in [2.45, 2.75) is 19.3 Å². The molecule has 150 valence electrons. The van der Waals surface area contributed by atoms with Gasteiger partial charge in [-0.2, -0.15) is 5.26 Å². The molecule has 0 fully saturated rings. The van der Waals surface area contributed by atoms with Crippen molar-refractivity contribution in [3.05, 3.63) is 81.8 Å². The van der Waals surface area contributed by atoms with Crippen LogP contribution in [-0.4, -0.2) is 33.9 Å². The summed E-state index contributed by atoms with van der Waals surface area (Å²) in [6.07, 6.45) is 5.04. The molecule has 2 aromatic heterocycles. The second-order valence-corrected chi connectivity index (χ2v) is 7.19. The number of nitriles is 1. The Balaban J connectivity index is 1.39. The topological polar surface area (TPSA) is 89.9 Å². The molecule has 0 spiro atoms. The summed E-state index contributed by atoms with van der Waals surface area (Å²) in [6, 6.07) is 11.8. The van der Waals surface area contributed by atoms with E-state index in [1.165, 1.54) is 6.07 Å². The van der Waals surface area contributed by atoms with Gasteiger partial charge in [0.15, 0.2) is 0 Å². The molecule has 1 aromatic carbocycles. The van der Waals surface area contributed by atoms with Crippen molar-refractivity contribution in [1.82, 2.24) is 14.9 Å². The highest BCUT2D eigenvalue weighted by atomic mass is 19.1. The number of hydrogen-bond donors (Lipinski definition) is 1. The van der Waals surface area contributed by atoms with Crippen LogP contribution in [-0.2, 0) is 11.2 Å². The van der Waals surface area contributed by atoms with Crippen LogP contribution in [0.3, 0.4) is 0 Å². The molecule has 1 aliphatic rings. The second kappa shape index (κ2) is 8.29. The van der Waals surface area contributed by atoms with E-state index in [1.54, 1.807) is 35.4 Å². The Hall–Kier alpha value is -3.79. The molecular formula is C23H19FN4O2. The molecule has 30 heavy (non-hydrogen) atoms. The third-order valence-electron chi connectivity index (χ3n) is 5.30. The van der Waals surface area contributed by atoms with Crippen molar-refractivity contribution in [2.75, 3.05) is 13.1 Å². The van der Waals surface area contributed by atoms with Gasteiger partial charge in [0.2, 0.25) is 5.91 Å². The number of amides is 1. The Morgan fingerprint density at radius 2 is 2.17 bits per heavy atom. The van der Waals surface area contributed by atoms with Gasteiger partial charge in [0, 0.05) is 31.4 Å². The van der Waals surface area contributed by atoms with E-state index in [1.807, 2.05) is 18.2 Å². The van der Waals surface area contributed by atoms with Crippen molar-refractivity contribution in [2.24, 2.45) is 0 Å². The number of halogens is 1. The van der Waals surface area contributed by atoms with E-state index in [2.05, 4.69) is 9.97 Å². The lowest BCUT2D eigenvalue weighted by atomic mass is 10.0. The summed E-state index contributed by atoms with van der Waals surface area (Å²) in [7, 11) is 0. The zero-order valence-electron chi connectivity index (χ0n) is 16.2. The van der Waals surface area contributed by atoms with Crippen molar-refractivity contribution in [3.63, 3.8) is 0 Å². The Bertz CT molecular complexity index is 1240. The largest absolute Gasteiger partial charge is 0.339 e. The first-order chi connectivity index (χ1) is 14.5. The quantitative estimate of drug-likeness (QED) is 0.726. The van der Waals surface area contributed by atoms with Gasteiger partial charge in [-0.15, -0.1) is 0 Å². The molecule has 1 amide bonds. The maximum atomic E-state index is 13.8. The van der Waals surface area contributed by atoms with Gasteiger partial charge in [0.05, 0.1) is 5.39 Å². The first-order valence-electron chi connectivity index (χ1n) is 9.69. The smallest absolute Gasteiger partial charge is 0.258 e. The molecule has 0 bridgehead atoms. The lowest BCUT2D eigenvalue weighted by Crippen LogP contribution is -2.34. The van der Waals surface area contributed by atoms with Crippen LogP contribution in [0.15, 0.2) is 53.5 Å². The van der Waals surface area contributed by atoms with E-state index in [-0.39, 0.29) is 17.7 Å². The summed E-state index contributed by atoms with van der Waals surface area (Å²) in [5.74, 6) is -0.548. The van der Waals surface area contributed by atoms with Crippen LogP contribution < -0.4 is 5.56 Å². The SMILES string of the molecule is N#Cc1ccc(C2=CCN(C(=O)CCc3cc4cccc(F)c4c(=O)[nH]3)CC2)cn1. The zero-order chi connectivity index (χ0) is 21.1. The van der Waals surface area contributed by atoms with E-state index >= 15 is 0 Å². The predicted molar refractivity (Wildman–Crippen MR) is 111 cm³/mol. The minimum atomic E-state index is -0.551. The fourth-order valence-electron chi connectivity index (χ4n) is 3.67. The van der Waals surface area contributed by atoms with E-state index in [0.717, 1.165) is 11.1 Å². The van der Waals surface area contributed by atoms with Crippen LogP contribution in [0.5, 0.6) is 0 Å². The average molecular weight is 402 g/mol. The lowest BCUT2D eigenvalue weighted by Gasteiger charge is -2.26. The van der Waals surface area contributed by atoms with Crippen molar-refractivity contribution < 1.29 is 9.18 Å². The highest BCUT2D eigenvalue weighted by Gasteiger charge is 2.18. The fraction of sp³-hybridized carbons (Fsp3) is 0.217. The lowest BCUT2D eigenvalue weighted by molar-refractivity contribution is -0.130. The van der Waals surface area contributed by atoms with Crippen molar-refractivity contribution in [1.29, 1.82) is 5.26 Å². The van der Waals surface area contributed by atoms with Crippen LogP contribution >= 0.6 is 0 Å². The summed E-state index contributed by atoms with van der Waals surface area (Å²) in [5, 5.41) is 9.41. The summed E-state index contributed by atoms with van der Waals surface area (Å²) in [6.45, 7) is 1.11. The van der Waals surface area contributed by atoms with Crippen molar-refractivity contribution in [3.8, 4) is 6.07 Å². The van der Waals surface area contributed by atoms with Crippen LogP contribution in [0.4, 0.5) is 4.39 Å². The Morgan fingerprint density at radius 1 is 1.30 bits per heavy atom. The van der Waals surface area contributed by atoms with Gasteiger partial charge in [0.25, 0.3) is 5.56 Å². The Morgan fingerprint density at radius 3 is 2.87 bits per heavy atom. The molecule has 3 heterocycles. The maximum Gasteiger partial charge on any atom is 0.258 e. The number of aromatic amines is 1. The van der Waals surface area contributed by atoms with E-state index in [0.29, 0.717) is 42.7 Å². The van der Waals surface area contributed by atoms with Gasteiger partial charge in [-0.1, -0.05) is 24.3 Å². The number of benzene rings is 1. The molecule has 0 radical (unpaired) electrons. The number of aromatic nitrogens is 2. The number of fused-ring (bicyclic) bond motifs is 1. The molecule has 6 nitrogen and oxygen atoms in total. The van der Waals surface area contributed by atoms with E-state index in [9.17, 15) is 14.0 Å². The van der Waals surface area contributed by atoms with Crippen LogP contribution in [0.2, 0.25) is 0 Å². The summed E-state index contributed by atoms with van der Waals surface area (Å²) in [4.78, 5) is 33.3. The molecule has 3 aromatic rings. The number of nitrogens with zero attached hydrogens (tertiary/aromatic N) is 3. The Kier molecular flexibility index (Phi) is 5.40. The number of rotatable bonds is 4. The number of hydrogen-bond acceptors (Lipinski definition) is 4. The summed E-state index contributed by atoms with van der Waals surface area (Å²) >= 11 is 0. The molecule has 4 rings (SSSR count). The van der Waals surface area contributed by atoms with Gasteiger partial charge in [-0.25, -0.2) is 9.37 Å². The molecule has 0 saturated heterocycles. The van der Waals surface area contributed by atoms with Gasteiger partial charge >= 0.3 is 0 Å². The molecular weight excluding hydrogens is 383 g/mol. The second-order valence-electron chi connectivity index (χ2n) is 7.19. The highest BCUT2D eigenvalue weighted by molar-refractivity contribution is 5.83. The van der Waals surface area contributed by atoms with Gasteiger partial charge < -0.3 is 9.88 Å². The standard InChI is InChI=1S/C23H19FN4O2/c24-20-3-1-2-16-12-18(27-23(30)22(16)20)6-7-21(29)28-10-8-15(9-11-28)17-4-5-19(13-25)26-14-17/h1-5,8,12,14H,6-7,9-11H2,(H,27,30). The number of H-pyrrole nitrogens is 1. The zero-order valence-corrected chi connectivity index (χ0v) is 16.2. The van der Waals surface area contributed by atoms with E-state index in [4.69, 9.17) is 5.26 Å².